The Kier molecular flexibility index (Phi) is 6.23. The summed E-state index contributed by atoms with van der Waals surface area (Å²) >= 11 is 0. The van der Waals surface area contributed by atoms with Gasteiger partial charge >= 0.3 is 11.9 Å². The van der Waals surface area contributed by atoms with Crippen LogP contribution in [0.5, 0.6) is 11.5 Å². The van der Waals surface area contributed by atoms with E-state index in [1.165, 1.54) is 12.1 Å². The van der Waals surface area contributed by atoms with Crippen LogP contribution >= 0.6 is 0 Å². The van der Waals surface area contributed by atoms with Crippen LogP contribution in [0.15, 0.2) is 72.8 Å². The summed E-state index contributed by atoms with van der Waals surface area (Å²) in [5.74, 6) is -13.1. The Morgan fingerprint density at radius 2 is 0.895 bits per heavy atom. The smallest absolute Gasteiger partial charge is 0.346 e. The number of halogens is 6. The highest BCUT2D eigenvalue weighted by molar-refractivity contribution is 6.06. The van der Waals surface area contributed by atoms with E-state index in [2.05, 4.69) is 0 Å². The van der Waals surface area contributed by atoms with Crippen molar-refractivity contribution in [3.63, 3.8) is 0 Å². The monoisotopic (exact) mass is 526 g/mol. The third-order valence-corrected chi connectivity index (χ3v) is 5.72. The molecule has 4 nitrogen and oxygen atoms in total. The van der Waals surface area contributed by atoms with Crippen molar-refractivity contribution in [1.29, 1.82) is 0 Å². The lowest BCUT2D eigenvalue weighted by Gasteiger charge is -2.14. The molecule has 10 heteroatoms. The molecule has 0 aromatic heterocycles. The summed E-state index contributed by atoms with van der Waals surface area (Å²) < 4.78 is 92.6. The molecule has 0 amide bonds. The predicted octanol–water partition coefficient (Wildman–Crippen LogP) is 7.27. The molecular formula is C28H12F6O4. The summed E-state index contributed by atoms with van der Waals surface area (Å²) in [5, 5.41) is 1.67. The van der Waals surface area contributed by atoms with Crippen LogP contribution in [0.25, 0.3) is 21.5 Å². The van der Waals surface area contributed by atoms with Gasteiger partial charge in [-0.05, 0) is 59.3 Å². The van der Waals surface area contributed by atoms with E-state index in [1.807, 2.05) is 0 Å². The maximum Gasteiger partial charge on any atom is 0.346 e. The maximum absolute atomic E-state index is 14.1. The van der Waals surface area contributed by atoms with Crippen LogP contribution in [0, 0.1) is 34.9 Å². The summed E-state index contributed by atoms with van der Waals surface area (Å²) in [5.41, 5.74) is -1.72. The summed E-state index contributed by atoms with van der Waals surface area (Å²) in [6.45, 7) is 0. The van der Waals surface area contributed by atoms with Crippen molar-refractivity contribution in [2.75, 3.05) is 0 Å². The normalized spacial score (nSPS) is 11.1. The number of fused-ring (bicyclic) bond motifs is 2. The first kappa shape index (κ1) is 24.8. The molecule has 0 heterocycles. The molecule has 0 spiro atoms. The molecule has 0 aliphatic heterocycles. The molecule has 0 saturated heterocycles. The van der Waals surface area contributed by atoms with Gasteiger partial charge in [0.1, 0.15) is 11.5 Å². The van der Waals surface area contributed by atoms with E-state index in [4.69, 9.17) is 9.47 Å². The van der Waals surface area contributed by atoms with Gasteiger partial charge in [0.25, 0.3) is 0 Å². The molecule has 190 valence electrons. The van der Waals surface area contributed by atoms with Gasteiger partial charge in [0.2, 0.25) is 0 Å². The van der Waals surface area contributed by atoms with Gasteiger partial charge in [0, 0.05) is 10.8 Å². The molecule has 0 radical (unpaired) electrons. The number of rotatable bonds is 4. The molecular weight excluding hydrogens is 514 g/mol. The second-order valence-electron chi connectivity index (χ2n) is 8.03. The van der Waals surface area contributed by atoms with Crippen LogP contribution in [0.2, 0.25) is 0 Å². The van der Waals surface area contributed by atoms with Gasteiger partial charge in [-0.2, -0.15) is 0 Å². The standard InChI is InChI=1S/C28H12F6O4/c29-19-7-5-15(23(31)25(19)33)27(35)37-21-9-10-22(18-12-14-4-2-1-3-13(14)11-17(18)21)38-28(36)16-6-8-20(30)26(34)24(16)32/h1-12H. The molecule has 5 aromatic rings. The minimum atomic E-state index is -1.85. The highest BCUT2D eigenvalue weighted by Crippen LogP contribution is 2.37. The maximum atomic E-state index is 14.1. The molecule has 0 unspecified atom stereocenters. The van der Waals surface area contributed by atoms with Crippen LogP contribution in [0.1, 0.15) is 20.7 Å². The molecule has 0 aliphatic carbocycles. The van der Waals surface area contributed by atoms with E-state index >= 15 is 0 Å². The molecule has 38 heavy (non-hydrogen) atoms. The average molecular weight is 526 g/mol. The number of ether oxygens (including phenoxy) is 2. The van der Waals surface area contributed by atoms with Crippen molar-refractivity contribution in [1.82, 2.24) is 0 Å². The minimum absolute atomic E-state index is 0.154. The topological polar surface area (TPSA) is 52.6 Å². The number of carbonyl (C=O) groups excluding carboxylic acids is 2. The minimum Gasteiger partial charge on any atom is -0.422 e. The van der Waals surface area contributed by atoms with E-state index in [0.29, 0.717) is 22.9 Å². The zero-order valence-electron chi connectivity index (χ0n) is 18.8. The number of carbonyl (C=O) groups is 2. The van der Waals surface area contributed by atoms with Crippen molar-refractivity contribution in [3.05, 3.63) is 119 Å². The van der Waals surface area contributed by atoms with Gasteiger partial charge in [-0.3, -0.25) is 0 Å². The zero-order valence-corrected chi connectivity index (χ0v) is 18.8. The lowest BCUT2D eigenvalue weighted by atomic mass is 10.0. The largest absolute Gasteiger partial charge is 0.422 e. The van der Waals surface area contributed by atoms with E-state index in [1.54, 1.807) is 36.4 Å². The van der Waals surface area contributed by atoms with Gasteiger partial charge < -0.3 is 9.47 Å². The van der Waals surface area contributed by atoms with Gasteiger partial charge in [-0.1, -0.05) is 24.3 Å². The van der Waals surface area contributed by atoms with E-state index in [9.17, 15) is 35.9 Å². The van der Waals surface area contributed by atoms with Crippen molar-refractivity contribution in [3.8, 4) is 11.5 Å². The average Bonchev–Trinajstić information content (AvgIpc) is 2.90. The number of esters is 2. The van der Waals surface area contributed by atoms with Crippen LogP contribution in [-0.2, 0) is 0 Å². The molecule has 0 saturated carbocycles. The fourth-order valence-corrected chi connectivity index (χ4v) is 3.83. The molecule has 5 aromatic carbocycles. The van der Waals surface area contributed by atoms with Crippen molar-refractivity contribution >= 4 is 33.5 Å². The Morgan fingerprint density at radius 3 is 1.29 bits per heavy atom. The van der Waals surface area contributed by atoms with Crippen LogP contribution in [0.4, 0.5) is 26.3 Å². The van der Waals surface area contributed by atoms with Crippen LogP contribution < -0.4 is 9.47 Å². The van der Waals surface area contributed by atoms with Crippen LogP contribution in [-0.4, -0.2) is 11.9 Å². The fraction of sp³-hybridized carbons (Fsp3) is 0. The summed E-state index contributed by atoms with van der Waals surface area (Å²) in [6, 6.07) is 15.0. The van der Waals surface area contributed by atoms with E-state index in [-0.39, 0.29) is 22.3 Å². The molecule has 5 rings (SSSR count). The quantitative estimate of drug-likeness (QED) is 0.0813. The van der Waals surface area contributed by atoms with Crippen molar-refractivity contribution in [2.24, 2.45) is 0 Å². The SMILES string of the molecule is O=C(Oc1ccc(OC(=O)c2ccc(F)c(F)c2F)c2cc3ccccc3cc12)c1ccc(F)c(F)c1F. The first-order valence-electron chi connectivity index (χ1n) is 10.8. The Bertz CT molecular complexity index is 1650. The number of hydrogen-bond donors (Lipinski definition) is 0. The first-order chi connectivity index (χ1) is 18.2. The Morgan fingerprint density at radius 1 is 0.500 bits per heavy atom. The van der Waals surface area contributed by atoms with Gasteiger partial charge in [-0.25, -0.2) is 35.9 Å². The number of benzene rings is 5. The highest BCUT2D eigenvalue weighted by atomic mass is 19.2. The molecule has 0 atom stereocenters. The predicted molar refractivity (Wildman–Crippen MR) is 124 cm³/mol. The second-order valence-corrected chi connectivity index (χ2v) is 8.03. The third kappa shape index (κ3) is 4.30. The Balaban J connectivity index is 1.59. The third-order valence-electron chi connectivity index (χ3n) is 5.72. The molecule has 0 N–H and O–H groups in total. The lowest BCUT2D eigenvalue weighted by molar-refractivity contribution is 0.0716. The zero-order chi connectivity index (χ0) is 27.1. The van der Waals surface area contributed by atoms with E-state index < -0.39 is 58.0 Å². The first-order valence-corrected chi connectivity index (χ1v) is 10.8. The fourth-order valence-electron chi connectivity index (χ4n) is 3.83. The van der Waals surface area contributed by atoms with E-state index in [0.717, 1.165) is 12.1 Å². The van der Waals surface area contributed by atoms with Gasteiger partial charge in [0.15, 0.2) is 34.9 Å². The Hall–Kier alpha value is -4.86. The highest BCUT2D eigenvalue weighted by Gasteiger charge is 2.24. The Labute approximate surface area is 209 Å². The molecule has 0 bridgehead atoms. The second kappa shape index (κ2) is 9.55. The van der Waals surface area contributed by atoms with Crippen molar-refractivity contribution < 1.29 is 45.4 Å². The summed E-state index contributed by atoms with van der Waals surface area (Å²) in [4.78, 5) is 25.2. The van der Waals surface area contributed by atoms with Crippen molar-refractivity contribution in [2.45, 2.75) is 0 Å². The number of hydrogen-bond acceptors (Lipinski definition) is 4. The summed E-state index contributed by atoms with van der Waals surface area (Å²) in [7, 11) is 0. The van der Waals surface area contributed by atoms with Gasteiger partial charge in [0.05, 0.1) is 11.1 Å². The molecule has 0 fully saturated rings. The molecule has 0 aliphatic rings. The van der Waals surface area contributed by atoms with Crippen LogP contribution in [0.3, 0.4) is 0 Å². The van der Waals surface area contributed by atoms with Gasteiger partial charge in [-0.15, -0.1) is 0 Å². The summed E-state index contributed by atoms with van der Waals surface area (Å²) in [6.07, 6.45) is 0. The lowest BCUT2D eigenvalue weighted by Crippen LogP contribution is -2.14.